The van der Waals surface area contributed by atoms with Crippen LogP contribution in [0.25, 0.3) is 0 Å². The number of carbonyl (C=O) groups excluding carboxylic acids is 2. The van der Waals surface area contributed by atoms with Crippen LogP contribution in [-0.4, -0.2) is 27.6 Å². The summed E-state index contributed by atoms with van der Waals surface area (Å²) in [6, 6.07) is 8.73. The first-order valence-corrected chi connectivity index (χ1v) is 6.65. The Balaban J connectivity index is 1.93. The molecule has 0 unspecified atom stereocenters. The molecule has 0 radical (unpaired) electrons. The summed E-state index contributed by atoms with van der Waals surface area (Å²) in [5, 5.41) is 5.00. The predicted molar refractivity (Wildman–Crippen MR) is 79.4 cm³/mol. The van der Waals surface area contributed by atoms with Crippen LogP contribution in [0.4, 0.5) is 0 Å². The topological polar surface area (TPSA) is 54.7 Å². The largest absolute Gasteiger partial charge is 0.352 e. The van der Waals surface area contributed by atoms with Crippen LogP contribution in [0.15, 0.2) is 35.4 Å². The van der Waals surface area contributed by atoms with Gasteiger partial charge in [0.05, 0.1) is 17.3 Å². The molecular weight excluding hydrogens is 266 g/mol. The van der Waals surface area contributed by atoms with Crippen molar-refractivity contribution in [1.82, 2.24) is 9.58 Å². The van der Waals surface area contributed by atoms with Crippen molar-refractivity contribution in [3.63, 3.8) is 0 Å². The standard InChI is InChI=1S/C16H15N3O2/c1-10-8-12(11(2)18(10)3)9-17-19-15(20)13-6-4-5-7-14(13)16(19)21/h4-9H,1-3H3. The van der Waals surface area contributed by atoms with Gasteiger partial charge in [0.1, 0.15) is 0 Å². The van der Waals surface area contributed by atoms with E-state index in [-0.39, 0.29) is 11.8 Å². The van der Waals surface area contributed by atoms with Crippen LogP contribution in [0.2, 0.25) is 0 Å². The molecule has 0 fully saturated rings. The summed E-state index contributed by atoms with van der Waals surface area (Å²) in [5.74, 6) is -0.755. The van der Waals surface area contributed by atoms with Crippen LogP contribution in [0.5, 0.6) is 0 Å². The highest BCUT2D eigenvalue weighted by molar-refractivity contribution is 6.21. The number of carbonyl (C=O) groups is 2. The van der Waals surface area contributed by atoms with Gasteiger partial charge in [-0.2, -0.15) is 10.1 Å². The van der Waals surface area contributed by atoms with Crippen LogP contribution in [0.1, 0.15) is 37.7 Å². The number of fused-ring (bicyclic) bond motifs is 1. The van der Waals surface area contributed by atoms with Crippen molar-refractivity contribution in [1.29, 1.82) is 0 Å². The summed E-state index contributed by atoms with van der Waals surface area (Å²) in [7, 11) is 1.96. The highest BCUT2D eigenvalue weighted by atomic mass is 16.2. The lowest BCUT2D eigenvalue weighted by molar-refractivity contribution is 0.0660. The van der Waals surface area contributed by atoms with Gasteiger partial charge in [0.25, 0.3) is 11.8 Å². The molecule has 0 aliphatic carbocycles. The Morgan fingerprint density at radius 1 is 1.05 bits per heavy atom. The minimum atomic E-state index is -0.378. The van der Waals surface area contributed by atoms with E-state index in [0.717, 1.165) is 22.0 Å². The third-order valence-corrected chi connectivity index (χ3v) is 3.90. The lowest BCUT2D eigenvalue weighted by Crippen LogP contribution is -2.24. The molecule has 0 saturated carbocycles. The summed E-state index contributed by atoms with van der Waals surface area (Å²) in [4.78, 5) is 24.3. The third kappa shape index (κ3) is 1.98. The van der Waals surface area contributed by atoms with Gasteiger partial charge in [-0.05, 0) is 32.0 Å². The third-order valence-electron chi connectivity index (χ3n) is 3.90. The molecule has 5 heteroatoms. The number of aryl methyl sites for hydroxylation is 1. The van der Waals surface area contributed by atoms with Crippen molar-refractivity contribution < 1.29 is 9.59 Å². The van der Waals surface area contributed by atoms with Crippen LogP contribution >= 0.6 is 0 Å². The minimum Gasteiger partial charge on any atom is -0.352 e. The maximum absolute atomic E-state index is 12.2. The van der Waals surface area contributed by atoms with Crippen molar-refractivity contribution >= 4 is 18.0 Å². The van der Waals surface area contributed by atoms with Crippen LogP contribution in [-0.2, 0) is 7.05 Å². The van der Waals surface area contributed by atoms with Crippen LogP contribution in [0, 0.1) is 13.8 Å². The number of hydrazone groups is 1. The molecule has 1 aromatic carbocycles. The number of aromatic nitrogens is 1. The lowest BCUT2D eigenvalue weighted by Gasteiger charge is -2.05. The second-order valence-corrected chi connectivity index (χ2v) is 5.10. The molecule has 5 nitrogen and oxygen atoms in total. The molecule has 2 aromatic rings. The van der Waals surface area contributed by atoms with E-state index < -0.39 is 0 Å². The summed E-state index contributed by atoms with van der Waals surface area (Å²) < 4.78 is 2.03. The molecule has 0 N–H and O–H groups in total. The van der Waals surface area contributed by atoms with Gasteiger partial charge >= 0.3 is 0 Å². The SMILES string of the molecule is Cc1cc(C=NN2C(=O)c3ccccc3C2=O)c(C)n1C. The van der Waals surface area contributed by atoms with Crippen molar-refractivity contribution in [2.24, 2.45) is 12.1 Å². The second kappa shape index (κ2) is 4.70. The molecule has 0 saturated heterocycles. The molecule has 2 heterocycles. The van der Waals surface area contributed by atoms with Gasteiger partial charge in [-0.3, -0.25) is 9.59 Å². The van der Waals surface area contributed by atoms with E-state index in [9.17, 15) is 9.59 Å². The monoisotopic (exact) mass is 281 g/mol. The van der Waals surface area contributed by atoms with E-state index in [2.05, 4.69) is 5.10 Å². The average molecular weight is 281 g/mol. The second-order valence-electron chi connectivity index (χ2n) is 5.10. The Hall–Kier alpha value is -2.69. The Morgan fingerprint density at radius 3 is 2.10 bits per heavy atom. The Labute approximate surface area is 122 Å². The molecule has 1 aromatic heterocycles. The van der Waals surface area contributed by atoms with E-state index in [1.807, 2.05) is 31.5 Å². The number of benzene rings is 1. The summed E-state index contributed by atoms with van der Waals surface area (Å²) >= 11 is 0. The molecule has 1 aliphatic rings. The van der Waals surface area contributed by atoms with Gasteiger partial charge in [0, 0.05) is 24.0 Å². The molecular formula is C16H15N3O2. The van der Waals surface area contributed by atoms with E-state index in [0.29, 0.717) is 11.1 Å². The van der Waals surface area contributed by atoms with Crippen LogP contribution in [0.3, 0.4) is 0 Å². The van der Waals surface area contributed by atoms with Crippen molar-refractivity contribution in [2.75, 3.05) is 0 Å². The molecule has 0 atom stereocenters. The molecule has 21 heavy (non-hydrogen) atoms. The first kappa shape index (κ1) is 13.3. The smallest absolute Gasteiger partial charge is 0.282 e. The fraction of sp³-hybridized carbons (Fsp3) is 0.188. The lowest BCUT2D eigenvalue weighted by atomic mass is 10.1. The van der Waals surface area contributed by atoms with E-state index >= 15 is 0 Å². The predicted octanol–water partition coefficient (Wildman–Crippen LogP) is 2.27. The van der Waals surface area contributed by atoms with Gasteiger partial charge in [-0.15, -0.1) is 0 Å². The summed E-state index contributed by atoms with van der Waals surface area (Å²) in [6.07, 6.45) is 1.56. The van der Waals surface area contributed by atoms with Gasteiger partial charge in [0.15, 0.2) is 0 Å². The number of amides is 2. The zero-order valence-corrected chi connectivity index (χ0v) is 12.1. The highest BCUT2D eigenvalue weighted by Crippen LogP contribution is 2.22. The Bertz CT molecular complexity index is 752. The summed E-state index contributed by atoms with van der Waals surface area (Å²) in [6.45, 7) is 3.96. The first-order chi connectivity index (χ1) is 10.0. The first-order valence-electron chi connectivity index (χ1n) is 6.65. The van der Waals surface area contributed by atoms with E-state index in [1.165, 1.54) is 0 Å². The highest BCUT2D eigenvalue weighted by Gasteiger charge is 2.35. The fourth-order valence-electron chi connectivity index (χ4n) is 2.42. The number of nitrogens with zero attached hydrogens (tertiary/aromatic N) is 3. The Kier molecular flexibility index (Phi) is 2.97. The number of rotatable bonds is 2. The molecule has 106 valence electrons. The van der Waals surface area contributed by atoms with Gasteiger partial charge < -0.3 is 4.57 Å². The quantitative estimate of drug-likeness (QED) is 0.626. The number of hydrogen-bond acceptors (Lipinski definition) is 3. The maximum atomic E-state index is 12.2. The number of imide groups is 1. The zero-order chi connectivity index (χ0) is 15.1. The van der Waals surface area contributed by atoms with E-state index in [1.54, 1.807) is 30.5 Å². The fourth-order valence-corrected chi connectivity index (χ4v) is 2.42. The van der Waals surface area contributed by atoms with Gasteiger partial charge in [-0.1, -0.05) is 12.1 Å². The van der Waals surface area contributed by atoms with Crippen molar-refractivity contribution in [2.45, 2.75) is 13.8 Å². The molecule has 0 bridgehead atoms. The molecule has 3 rings (SSSR count). The minimum absolute atomic E-state index is 0.378. The molecule has 0 spiro atoms. The zero-order valence-electron chi connectivity index (χ0n) is 12.1. The molecule has 2 amide bonds. The number of hydrogen-bond donors (Lipinski definition) is 0. The van der Waals surface area contributed by atoms with Crippen molar-refractivity contribution in [3.8, 4) is 0 Å². The normalized spacial score (nSPS) is 14.3. The average Bonchev–Trinajstić information content (AvgIpc) is 2.87. The van der Waals surface area contributed by atoms with Gasteiger partial charge in [0.2, 0.25) is 0 Å². The van der Waals surface area contributed by atoms with Crippen molar-refractivity contribution in [3.05, 3.63) is 58.4 Å². The van der Waals surface area contributed by atoms with E-state index in [4.69, 9.17) is 0 Å². The van der Waals surface area contributed by atoms with Gasteiger partial charge in [-0.25, -0.2) is 0 Å². The maximum Gasteiger partial charge on any atom is 0.282 e. The Morgan fingerprint density at radius 2 is 1.62 bits per heavy atom. The van der Waals surface area contributed by atoms with Crippen LogP contribution < -0.4 is 0 Å². The molecule has 1 aliphatic heterocycles. The summed E-state index contributed by atoms with van der Waals surface area (Å²) in [5.41, 5.74) is 3.83.